The summed E-state index contributed by atoms with van der Waals surface area (Å²) in [5, 5.41) is 0. The molecule has 3 rings (SSSR count). The molecule has 0 aromatic carbocycles. The van der Waals surface area contributed by atoms with Crippen molar-refractivity contribution in [1.29, 1.82) is 0 Å². The third kappa shape index (κ3) is 1.61. The van der Waals surface area contributed by atoms with Gasteiger partial charge in [0.1, 0.15) is 0 Å². The smallest absolute Gasteiger partial charge is 0.212 e. The van der Waals surface area contributed by atoms with Gasteiger partial charge in [-0.1, -0.05) is 19.3 Å². The Kier molecular flexibility index (Phi) is 2.55. The van der Waals surface area contributed by atoms with Crippen LogP contribution in [0, 0.1) is 5.92 Å². The number of hydrogen-bond donors (Lipinski definition) is 0. The summed E-state index contributed by atoms with van der Waals surface area (Å²) < 4.78 is 26.2. The van der Waals surface area contributed by atoms with E-state index >= 15 is 0 Å². The summed E-state index contributed by atoms with van der Waals surface area (Å²) in [7, 11) is -2.93. The fraction of sp³-hybridized carbons (Fsp3) is 1.00. The Hall–Kier alpha value is -0.0900. The first-order valence-corrected chi connectivity index (χ1v) is 8.24. The van der Waals surface area contributed by atoms with Gasteiger partial charge in [-0.3, -0.25) is 0 Å². The van der Waals surface area contributed by atoms with Gasteiger partial charge in [-0.25, -0.2) is 8.42 Å². The van der Waals surface area contributed by atoms with E-state index in [9.17, 15) is 8.42 Å². The predicted molar refractivity (Wildman–Crippen MR) is 63.6 cm³/mol. The van der Waals surface area contributed by atoms with Crippen LogP contribution in [0.15, 0.2) is 0 Å². The first-order chi connectivity index (χ1) is 7.62. The Labute approximate surface area is 98.3 Å². The lowest BCUT2D eigenvalue weighted by Crippen LogP contribution is -2.65. The van der Waals surface area contributed by atoms with Gasteiger partial charge in [0.05, 0.1) is 5.75 Å². The molecule has 3 fully saturated rings. The third-order valence-electron chi connectivity index (χ3n) is 4.94. The fourth-order valence-electron chi connectivity index (χ4n) is 3.25. The zero-order chi connectivity index (χ0) is 11.2. The van der Waals surface area contributed by atoms with Gasteiger partial charge >= 0.3 is 0 Å². The molecule has 1 spiro atoms. The van der Waals surface area contributed by atoms with Crippen LogP contribution in [0.25, 0.3) is 0 Å². The molecular formula is C12H21NO2S. The largest absolute Gasteiger partial charge is 0.214 e. The van der Waals surface area contributed by atoms with E-state index in [1.807, 2.05) is 4.31 Å². The maximum atomic E-state index is 12.2. The summed E-state index contributed by atoms with van der Waals surface area (Å²) in [5.74, 6) is 1.10. The highest BCUT2D eigenvalue weighted by atomic mass is 32.2. The van der Waals surface area contributed by atoms with Gasteiger partial charge < -0.3 is 0 Å². The predicted octanol–water partition coefficient (Wildman–Crippen LogP) is 2.13. The lowest BCUT2D eigenvalue weighted by atomic mass is 9.70. The molecule has 3 aliphatic rings. The maximum absolute atomic E-state index is 12.2. The van der Waals surface area contributed by atoms with Crippen molar-refractivity contribution in [1.82, 2.24) is 4.31 Å². The second-order valence-electron chi connectivity index (χ2n) is 5.80. The van der Waals surface area contributed by atoms with Crippen molar-refractivity contribution in [2.45, 2.75) is 56.9 Å². The molecule has 0 aromatic heterocycles. The Morgan fingerprint density at radius 2 is 1.88 bits per heavy atom. The van der Waals surface area contributed by atoms with E-state index in [1.165, 1.54) is 25.7 Å². The molecule has 0 unspecified atom stereocenters. The zero-order valence-electron chi connectivity index (χ0n) is 9.82. The summed E-state index contributed by atoms with van der Waals surface area (Å²) in [6.45, 7) is 0.785. The SMILES string of the molecule is O=S(=O)(CCC1CCC1)N1CCC12CCC2. The van der Waals surface area contributed by atoms with E-state index in [0.717, 1.165) is 32.2 Å². The van der Waals surface area contributed by atoms with Gasteiger partial charge in [0.15, 0.2) is 0 Å². The lowest BCUT2D eigenvalue weighted by molar-refractivity contribution is -0.00308. The average molecular weight is 243 g/mol. The molecule has 92 valence electrons. The molecule has 0 N–H and O–H groups in total. The summed E-state index contributed by atoms with van der Waals surface area (Å²) in [6.07, 6.45) is 9.24. The lowest BCUT2D eigenvalue weighted by Gasteiger charge is -2.57. The van der Waals surface area contributed by atoms with Crippen LogP contribution in [0.5, 0.6) is 0 Å². The topological polar surface area (TPSA) is 37.4 Å². The van der Waals surface area contributed by atoms with Gasteiger partial charge in [-0.2, -0.15) is 4.31 Å². The first-order valence-electron chi connectivity index (χ1n) is 6.63. The summed E-state index contributed by atoms with van der Waals surface area (Å²) >= 11 is 0. The molecule has 0 bridgehead atoms. The maximum Gasteiger partial charge on any atom is 0.214 e. The minimum Gasteiger partial charge on any atom is -0.212 e. The zero-order valence-corrected chi connectivity index (χ0v) is 10.6. The van der Waals surface area contributed by atoms with Crippen molar-refractivity contribution >= 4 is 10.0 Å². The molecule has 0 amide bonds. The minimum atomic E-state index is -2.93. The van der Waals surface area contributed by atoms with E-state index in [-0.39, 0.29) is 5.54 Å². The van der Waals surface area contributed by atoms with Crippen LogP contribution in [0.1, 0.15) is 51.4 Å². The van der Waals surface area contributed by atoms with E-state index in [2.05, 4.69) is 0 Å². The fourth-order valence-corrected chi connectivity index (χ4v) is 5.33. The third-order valence-corrected chi connectivity index (χ3v) is 6.93. The Morgan fingerprint density at radius 1 is 1.12 bits per heavy atom. The van der Waals surface area contributed by atoms with Gasteiger partial charge in [0.2, 0.25) is 10.0 Å². The van der Waals surface area contributed by atoms with Gasteiger partial charge in [0, 0.05) is 12.1 Å². The molecule has 2 saturated carbocycles. The molecule has 0 aromatic rings. The van der Waals surface area contributed by atoms with Crippen LogP contribution >= 0.6 is 0 Å². The Balaban J connectivity index is 1.59. The molecule has 16 heavy (non-hydrogen) atoms. The molecule has 1 saturated heterocycles. The summed E-state index contributed by atoms with van der Waals surface area (Å²) in [4.78, 5) is 0. The number of rotatable bonds is 4. The number of nitrogens with zero attached hydrogens (tertiary/aromatic N) is 1. The van der Waals surface area contributed by atoms with Crippen molar-refractivity contribution in [2.75, 3.05) is 12.3 Å². The van der Waals surface area contributed by atoms with E-state index in [4.69, 9.17) is 0 Å². The van der Waals surface area contributed by atoms with Crippen LogP contribution < -0.4 is 0 Å². The average Bonchev–Trinajstić information content (AvgIpc) is 1.93. The van der Waals surface area contributed by atoms with Crippen LogP contribution in [0.2, 0.25) is 0 Å². The molecule has 0 atom stereocenters. The number of hydrogen-bond acceptors (Lipinski definition) is 2. The Bertz CT molecular complexity index is 363. The molecule has 0 radical (unpaired) electrons. The van der Waals surface area contributed by atoms with Gasteiger partial charge in [-0.05, 0) is 38.0 Å². The van der Waals surface area contributed by atoms with Crippen LogP contribution in [-0.2, 0) is 10.0 Å². The number of sulfonamides is 1. The van der Waals surface area contributed by atoms with E-state index in [1.54, 1.807) is 0 Å². The van der Waals surface area contributed by atoms with Crippen LogP contribution in [0.4, 0.5) is 0 Å². The Morgan fingerprint density at radius 3 is 2.25 bits per heavy atom. The minimum absolute atomic E-state index is 0.0957. The molecule has 4 heteroatoms. The second kappa shape index (κ2) is 3.70. The van der Waals surface area contributed by atoms with Crippen molar-refractivity contribution in [2.24, 2.45) is 5.92 Å². The van der Waals surface area contributed by atoms with Crippen molar-refractivity contribution in [3.63, 3.8) is 0 Å². The van der Waals surface area contributed by atoms with E-state index in [0.29, 0.717) is 11.7 Å². The van der Waals surface area contributed by atoms with Crippen molar-refractivity contribution < 1.29 is 8.42 Å². The quantitative estimate of drug-likeness (QED) is 0.758. The molecule has 3 nitrogen and oxygen atoms in total. The molecular weight excluding hydrogens is 222 g/mol. The summed E-state index contributed by atoms with van der Waals surface area (Å²) in [6, 6.07) is 0. The van der Waals surface area contributed by atoms with Crippen LogP contribution in [-0.4, -0.2) is 30.6 Å². The van der Waals surface area contributed by atoms with Crippen molar-refractivity contribution in [3.05, 3.63) is 0 Å². The highest BCUT2D eigenvalue weighted by molar-refractivity contribution is 7.89. The second-order valence-corrected chi connectivity index (χ2v) is 7.81. The van der Waals surface area contributed by atoms with Crippen LogP contribution in [0.3, 0.4) is 0 Å². The monoisotopic (exact) mass is 243 g/mol. The molecule has 1 heterocycles. The standard InChI is InChI=1S/C12H21NO2S/c14-16(15,10-5-11-3-1-4-11)13-9-8-12(13)6-2-7-12/h11H,1-10H2. The molecule has 1 aliphatic heterocycles. The highest BCUT2D eigenvalue weighted by Gasteiger charge is 2.53. The first kappa shape index (κ1) is 11.0. The van der Waals surface area contributed by atoms with Crippen molar-refractivity contribution in [3.8, 4) is 0 Å². The van der Waals surface area contributed by atoms with E-state index < -0.39 is 10.0 Å². The van der Waals surface area contributed by atoms with Gasteiger partial charge in [-0.15, -0.1) is 0 Å². The highest BCUT2D eigenvalue weighted by Crippen LogP contribution is 2.48. The summed E-state index contributed by atoms with van der Waals surface area (Å²) in [5.41, 5.74) is 0.0957. The molecule has 2 aliphatic carbocycles. The van der Waals surface area contributed by atoms with Gasteiger partial charge in [0.25, 0.3) is 0 Å². The normalized spacial score (nSPS) is 29.5.